The van der Waals surface area contributed by atoms with E-state index >= 15 is 0 Å². The molecule has 0 spiro atoms. The standard InChI is InChI=1S/C7H9N3O3/c8-7(9-11)5-1-3-6(4-2-5)10(12)13/h1-4,7,9,11H,8H2. The Hall–Kier alpha value is -1.50. The number of nitro benzene ring substituents is 1. The van der Waals surface area contributed by atoms with E-state index in [9.17, 15) is 10.1 Å². The fourth-order valence-electron chi connectivity index (χ4n) is 0.878. The summed E-state index contributed by atoms with van der Waals surface area (Å²) >= 11 is 0. The Labute approximate surface area is 74.1 Å². The summed E-state index contributed by atoms with van der Waals surface area (Å²) in [4.78, 5) is 9.76. The first-order valence-corrected chi connectivity index (χ1v) is 3.54. The Kier molecular flexibility index (Phi) is 2.91. The van der Waals surface area contributed by atoms with Crippen LogP contribution in [0, 0.1) is 10.1 Å². The molecule has 0 aliphatic rings. The zero-order valence-corrected chi connectivity index (χ0v) is 6.68. The van der Waals surface area contributed by atoms with Gasteiger partial charge in [0.05, 0.1) is 4.92 Å². The number of hydrogen-bond acceptors (Lipinski definition) is 5. The molecule has 0 aliphatic heterocycles. The summed E-state index contributed by atoms with van der Waals surface area (Å²) in [7, 11) is 0. The van der Waals surface area contributed by atoms with E-state index in [-0.39, 0.29) is 5.69 Å². The molecule has 1 unspecified atom stereocenters. The molecular formula is C7H9N3O3. The highest BCUT2D eigenvalue weighted by atomic mass is 16.6. The fourth-order valence-corrected chi connectivity index (χ4v) is 0.878. The molecule has 0 radical (unpaired) electrons. The number of hydroxylamine groups is 1. The van der Waals surface area contributed by atoms with E-state index in [0.717, 1.165) is 0 Å². The molecule has 1 rings (SSSR count). The number of non-ortho nitro benzene ring substituents is 1. The largest absolute Gasteiger partial charge is 0.315 e. The van der Waals surface area contributed by atoms with Crippen LogP contribution in [0.25, 0.3) is 0 Å². The SMILES string of the molecule is NC(NO)c1ccc([N+](=O)[O-])cc1. The minimum atomic E-state index is -0.721. The lowest BCUT2D eigenvalue weighted by atomic mass is 10.2. The van der Waals surface area contributed by atoms with Gasteiger partial charge in [0.15, 0.2) is 0 Å². The Balaban J connectivity index is 2.87. The van der Waals surface area contributed by atoms with Gasteiger partial charge in [0.2, 0.25) is 0 Å². The zero-order valence-electron chi connectivity index (χ0n) is 6.68. The maximum Gasteiger partial charge on any atom is 0.269 e. The van der Waals surface area contributed by atoms with Crippen molar-refractivity contribution >= 4 is 5.69 Å². The van der Waals surface area contributed by atoms with E-state index in [4.69, 9.17) is 10.9 Å². The number of hydrogen-bond donors (Lipinski definition) is 3. The summed E-state index contributed by atoms with van der Waals surface area (Å²) in [6.45, 7) is 0. The third kappa shape index (κ3) is 2.22. The first-order valence-electron chi connectivity index (χ1n) is 3.54. The van der Waals surface area contributed by atoms with Crippen LogP contribution in [0.2, 0.25) is 0 Å². The van der Waals surface area contributed by atoms with Crippen LogP contribution in [-0.2, 0) is 0 Å². The number of rotatable bonds is 3. The second-order valence-corrected chi connectivity index (χ2v) is 2.46. The maximum absolute atomic E-state index is 10.3. The molecule has 0 fully saturated rings. The lowest BCUT2D eigenvalue weighted by molar-refractivity contribution is -0.384. The lowest BCUT2D eigenvalue weighted by Gasteiger charge is -2.07. The van der Waals surface area contributed by atoms with Crippen LogP contribution in [0.3, 0.4) is 0 Å². The van der Waals surface area contributed by atoms with Crippen molar-refractivity contribution < 1.29 is 10.1 Å². The van der Waals surface area contributed by atoms with Crippen molar-refractivity contribution in [2.45, 2.75) is 6.17 Å². The molecule has 4 N–H and O–H groups in total. The molecule has 1 aromatic rings. The smallest absolute Gasteiger partial charge is 0.269 e. The van der Waals surface area contributed by atoms with Crippen LogP contribution in [-0.4, -0.2) is 10.1 Å². The van der Waals surface area contributed by atoms with Crippen LogP contribution in [0.1, 0.15) is 11.7 Å². The third-order valence-corrected chi connectivity index (χ3v) is 1.60. The highest BCUT2D eigenvalue weighted by Gasteiger charge is 2.07. The molecule has 0 amide bonds. The molecule has 70 valence electrons. The average Bonchev–Trinajstić information content (AvgIpc) is 2.17. The summed E-state index contributed by atoms with van der Waals surface area (Å²) in [6.07, 6.45) is -0.721. The van der Waals surface area contributed by atoms with Crippen LogP contribution in [0.15, 0.2) is 24.3 Å². The quantitative estimate of drug-likeness (QED) is 0.360. The molecule has 0 bridgehead atoms. The minimum Gasteiger partial charge on any atom is -0.315 e. The topological polar surface area (TPSA) is 101 Å². The third-order valence-electron chi connectivity index (χ3n) is 1.60. The molecule has 0 heterocycles. The van der Waals surface area contributed by atoms with Crippen molar-refractivity contribution in [2.75, 3.05) is 0 Å². The van der Waals surface area contributed by atoms with Gasteiger partial charge in [-0.05, 0) is 17.7 Å². The predicted octanol–water partition coefficient (Wildman–Crippen LogP) is 0.531. The molecule has 1 atom stereocenters. The van der Waals surface area contributed by atoms with Crippen molar-refractivity contribution in [1.29, 1.82) is 0 Å². The highest BCUT2D eigenvalue weighted by Crippen LogP contribution is 2.14. The van der Waals surface area contributed by atoms with Gasteiger partial charge in [0.1, 0.15) is 6.17 Å². The molecule has 13 heavy (non-hydrogen) atoms. The monoisotopic (exact) mass is 183 g/mol. The second kappa shape index (κ2) is 3.94. The van der Waals surface area contributed by atoms with Crippen LogP contribution >= 0.6 is 0 Å². The van der Waals surface area contributed by atoms with Crippen LogP contribution in [0.4, 0.5) is 5.69 Å². The molecule has 1 aromatic carbocycles. The van der Waals surface area contributed by atoms with Crippen molar-refractivity contribution in [2.24, 2.45) is 5.73 Å². The lowest BCUT2D eigenvalue weighted by Crippen LogP contribution is -2.25. The average molecular weight is 183 g/mol. The van der Waals surface area contributed by atoms with E-state index in [1.54, 1.807) is 0 Å². The number of nitrogens with zero attached hydrogens (tertiary/aromatic N) is 1. The molecule has 0 aromatic heterocycles. The molecule has 0 aliphatic carbocycles. The van der Waals surface area contributed by atoms with Gasteiger partial charge in [-0.2, -0.15) is 5.48 Å². The molecule has 6 nitrogen and oxygen atoms in total. The van der Waals surface area contributed by atoms with Crippen molar-refractivity contribution in [3.63, 3.8) is 0 Å². The Bertz CT molecular complexity index is 298. The van der Waals surface area contributed by atoms with E-state index in [0.29, 0.717) is 5.56 Å². The fraction of sp³-hybridized carbons (Fsp3) is 0.143. The number of nitro groups is 1. The first kappa shape index (κ1) is 9.59. The van der Waals surface area contributed by atoms with Gasteiger partial charge in [-0.1, -0.05) is 0 Å². The normalized spacial score (nSPS) is 12.5. The van der Waals surface area contributed by atoms with E-state index in [1.165, 1.54) is 24.3 Å². The van der Waals surface area contributed by atoms with Crippen molar-refractivity contribution in [3.8, 4) is 0 Å². The van der Waals surface area contributed by atoms with Gasteiger partial charge in [-0.3, -0.25) is 10.1 Å². The van der Waals surface area contributed by atoms with Gasteiger partial charge in [-0.25, -0.2) is 0 Å². The van der Waals surface area contributed by atoms with Gasteiger partial charge in [-0.15, -0.1) is 0 Å². The highest BCUT2D eigenvalue weighted by molar-refractivity contribution is 5.33. The zero-order chi connectivity index (χ0) is 9.84. The van der Waals surface area contributed by atoms with E-state index < -0.39 is 11.1 Å². The molecule has 6 heteroatoms. The minimum absolute atomic E-state index is 0.00566. The number of nitrogens with one attached hydrogen (secondary N) is 1. The summed E-state index contributed by atoms with van der Waals surface area (Å²) in [5.41, 5.74) is 7.80. The number of nitrogens with two attached hydrogens (primary N) is 1. The predicted molar refractivity (Wildman–Crippen MR) is 44.9 cm³/mol. The van der Waals surface area contributed by atoms with E-state index in [2.05, 4.69) is 0 Å². The van der Waals surface area contributed by atoms with Crippen LogP contribution < -0.4 is 11.2 Å². The van der Waals surface area contributed by atoms with Crippen LogP contribution in [0.5, 0.6) is 0 Å². The summed E-state index contributed by atoms with van der Waals surface area (Å²) in [5, 5.41) is 18.7. The Morgan fingerprint density at radius 3 is 2.38 bits per heavy atom. The summed E-state index contributed by atoms with van der Waals surface area (Å²) in [6, 6.07) is 5.61. The van der Waals surface area contributed by atoms with Gasteiger partial charge >= 0.3 is 0 Å². The van der Waals surface area contributed by atoms with Gasteiger partial charge in [0, 0.05) is 12.1 Å². The Morgan fingerprint density at radius 2 is 2.00 bits per heavy atom. The van der Waals surface area contributed by atoms with E-state index in [1.807, 2.05) is 5.48 Å². The molecule has 0 saturated heterocycles. The van der Waals surface area contributed by atoms with Gasteiger partial charge < -0.3 is 10.9 Å². The summed E-state index contributed by atoms with van der Waals surface area (Å²) < 4.78 is 0. The molecular weight excluding hydrogens is 174 g/mol. The maximum atomic E-state index is 10.3. The van der Waals surface area contributed by atoms with Crippen molar-refractivity contribution in [1.82, 2.24) is 5.48 Å². The summed E-state index contributed by atoms with van der Waals surface area (Å²) in [5.74, 6) is 0. The first-order chi connectivity index (χ1) is 6.15. The Morgan fingerprint density at radius 1 is 1.46 bits per heavy atom. The number of benzene rings is 1. The molecule has 0 saturated carbocycles. The second-order valence-electron chi connectivity index (χ2n) is 2.46. The van der Waals surface area contributed by atoms with Crippen molar-refractivity contribution in [3.05, 3.63) is 39.9 Å². The van der Waals surface area contributed by atoms with Gasteiger partial charge in [0.25, 0.3) is 5.69 Å².